The normalized spacial score (nSPS) is 13.0. The van der Waals surface area contributed by atoms with Gasteiger partial charge in [-0.25, -0.2) is 0 Å². The second kappa shape index (κ2) is 4.67. The lowest BCUT2D eigenvalue weighted by molar-refractivity contribution is 0.414. The summed E-state index contributed by atoms with van der Waals surface area (Å²) in [5, 5.41) is 0.612. The van der Waals surface area contributed by atoms with Crippen molar-refractivity contribution in [3.05, 3.63) is 28.8 Å². The van der Waals surface area contributed by atoms with Crippen molar-refractivity contribution in [2.45, 2.75) is 19.9 Å². The van der Waals surface area contributed by atoms with E-state index in [1.54, 1.807) is 7.11 Å². The maximum Gasteiger partial charge on any atom is 0.137 e. The number of rotatable bonds is 3. The molecule has 0 radical (unpaired) electrons. The lowest BCUT2D eigenvalue weighted by Crippen LogP contribution is -2.16. The Balaban J connectivity index is 2.96. The summed E-state index contributed by atoms with van der Waals surface area (Å²) in [5.74, 6) is 1.09. The molecule has 1 unspecified atom stereocenters. The van der Waals surface area contributed by atoms with E-state index < -0.39 is 0 Å². The lowest BCUT2D eigenvalue weighted by atomic mass is 9.97. The summed E-state index contributed by atoms with van der Waals surface area (Å²) in [6, 6.07) is 5.69. The van der Waals surface area contributed by atoms with Crippen LogP contribution in [0.1, 0.15) is 25.5 Å². The van der Waals surface area contributed by atoms with Gasteiger partial charge in [-0.05, 0) is 23.6 Å². The molecule has 0 spiro atoms. The second-order valence-electron chi connectivity index (χ2n) is 3.66. The molecule has 1 rings (SSSR count). The Bertz CT molecular complexity index is 312. The number of hydrogen-bond acceptors (Lipinski definition) is 2. The molecule has 0 saturated heterocycles. The third-order valence-electron chi connectivity index (χ3n) is 2.28. The minimum Gasteiger partial charge on any atom is -0.495 e. The first-order valence-electron chi connectivity index (χ1n) is 4.65. The van der Waals surface area contributed by atoms with Gasteiger partial charge in [0.1, 0.15) is 5.75 Å². The highest BCUT2D eigenvalue weighted by Crippen LogP contribution is 2.28. The highest BCUT2D eigenvalue weighted by molar-refractivity contribution is 6.32. The van der Waals surface area contributed by atoms with Gasteiger partial charge < -0.3 is 10.5 Å². The van der Waals surface area contributed by atoms with Gasteiger partial charge in [0.05, 0.1) is 12.1 Å². The smallest absolute Gasteiger partial charge is 0.137 e. The summed E-state index contributed by atoms with van der Waals surface area (Å²) in [6.07, 6.45) is 0. The molecule has 78 valence electrons. The molecule has 2 nitrogen and oxygen atoms in total. The van der Waals surface area contributed by atoms with Gasteiger partial charge in [-0.15, -0.1) is 0 Å². The fraction of sp³-hybridized carbons (Fsp3) is 0.455. The van der Waals surface area contributed by atoms with E-state index in [1.807, 2.05) is 18.2 Å². The Hall–Kier alpha value is -0.730. The van der Waals surface area contributed by atoms with Gasteiger partial charge in [-0.2, -0.15) is 0 Å². The topological polar surface area (TPSA) is 35.2 Å². The summed E-state index contributed by atoms with van der Waals surface area (Å²) in [4.78, 5) is 0. The molecule has 14 heavy (non-hydrogen) atoms. The van der Waals surface area contributed by atoms with E-state index in [0.717, 1.165) is 5.56 Å². The van der Waals surface area contributed by atoms with E-state index in [4.69, 9.17) is 22.1 Å². The van der Waals surface area contributed by atoms with Crippen LogP contribution in [-0.2, 0) is 0 Å². The highest BCUT2D eigenvalue weighted by Gasteiger charge is 2.11. The van der Waals surface area contributed by atoms with Crippen molar-refractivity contribution in [1.29, 1.82) is 0 Å². The van der Waals surface area contributed by atoms with E-state index in [1.165, 1.54) is 0 Å². The van der Waals surface area contributed by atoms with E-state index in [9.17, 15) is 0 Å². The van der Waals surface area contributed by atoms with E-state index in [-0.39, 0.29) is 6.04 Å². The third-order valence-corrected chi connectivity index (χ3v) is 2.57. The average Bonchev–Trinajstić information content (AvgIpc) is 2.16. The predicted molar refractivity (Wildman–Crippen MR) is 59.8 cm³/mol. The summed E-state index contributed by atoms with van der Waals surface area (Å²) in [5.41, 5.74) is 7.05. The highest BCUT2D eigenvalue weighted by atomic mass is 35.5. The van der Waals surface area contributed by atoms with Crippen LogP contribution < -0.4 is 10.5 Å². The van der Waals surface area contributed by atoms with Crippen LogP contribution in [-0.4, -0.2) is 7.11 Å². The third kappa shape index (κ3) is 2.40. The number of benzene rings is 1. The molecule has 1 aromatic carbocycles. The van der Waals surface area contributed by atoms with Crippen LogP contribution in [0.5, 0.6) is 5.75 Å². The van der Waals surface area contributed by atoms with Gasteiger partial charge >= 0.3 is 0 Å². The molecule has 1 atom stereocenters. The van der Waals surface area contributed by atoms with Gasteiger partial charge in [-0.3, -0.25) is 0 Å². The van der Waals surface area contributed by atoms with E-state index in [2.05, 4.69) is 13.8 Å². The molecule has 0 aliphatic carbocycles. The molecule has 1 aromatic rings. The van der Waals surface area contributed by atoms with Crippen LogP contribution in [0.15, 0.2) is 18.2 Å². The molecule has 0 heterocycles. The molecule has 0 amide bonds. The fourth-order valence-corrected chi connectivity index (χ4v) is 1.54. The Morgan fingerprint density at radius 3 is 2.43 bits per heavy atom. The quantitative estimate of drug-likeness (QED) is 0.838. The Morgan fingerprint density at radius 2 is 2.00 bits per heavy atom. The molecule has 0 aliphatic heterocycles. The minimum atomic E-state index is 0.0263. The van der Waals surface area contributed by atoms with Gasteiger partial charge in [0.25, 0.3) is 0 Å². The standard InChI is InChI=1S/C11H16ClNO/c1-7(2)11(13)8-4-5-10(14-3)9(12)6-8/h4-7,11H,13H2,1-3H3. The Kier molecular flexibility index (Phi) is 3.78. The number of methoxy groups -OCH3 is 1. The largest absolute Gasteiger partial charge is 0.495 e. The molecular formula is C11H16ClNO. The van der Waals surface area contributed by atoms with Gasteiger partial charge in [0, 0.05) is 6.04 Å². The fourth-order valence-electron chi connectivity index (χ4n) is 1.27. The van der Waals surface area contributed by atoms with Crippen LogP contribution in [0.3, 0.4) is 0 Å². The van der Waals surface area contributed by atoms with Crippen molar-refractivity contribution >= 4 is 11.6 Å². The molecular weight excluding hydrogens is 198 g/mol. The summed E-state index contributed by atoms with van der Waals surface area (Å²) < 4.78 is 5.07. The molecule has 2 N–H and O–H groups in total. The Labute approximate surface area is 90.0 Å². The van der Waals surface area contributed by atoms with Crippen LogP contribution in [0.25, 0.3) is 0 Å². The molecule has 3 heteroatoms. The average molecular weight is 214 g/mol. The van der Waals surface area contributed by atoms with Crippen LogP contribution in [0, 0.1) is 5.92 Å². The van der Waals surface area contributed by atoms with Crippen molar-refractivity contribution in [2.75, 3.05) is 7.11 Å². The molecule has 0 fully saturated rings. The molecule has 0 aromatic heterocycles. The first-order chi connectivity index (χ1) is 6.56. The number of hydrogen-bond donors (Lipinski definition) is 1. The lowest BCUT2D eigenvalue weighted by Gasteiger charge is -2.16. The molecule has 0 saturated carbocycles. The van der Waals surface area contributed by atoms with Crippen LogP contribution >= 0.6 is 11.6 Å². The van der Waals surface area contributed by atoms with Crippen molar-refractivity contribution in [3.8, 4) is 5.75 Å². The van der Waals surface area contributed by atoms with Crippen molar-refractivity contribution in [3.63, 3.8) is 0 Å². The zero-order valence-electron chi connectivity index (χ0n) is 8.75. The first kappa shape index (κ1) is 11.3. The number of halogens is 1. The monoisotopic (exact) mass is 213 g/mol. The summed E-state index contributed by atoms with van der Waals surface area (Å²) in [7, 11) is 1.60. The van der Waals surface area contributed by atoms with Crippen LogP contribution in [0.2, 0.25) is 5.02 Å². The van der Waals surface area contributed by atoms with E-state index in [0.29, 0.717) is 16.7 Å². The molecule has 0 bridgehead atoms. The maximum atomic E-state index is 6.00. The van der Waals surface area contributed by atoms with Crippen molar-refractivity contribution < 1.29 is 4.74 Å². The van der Waals surface area contributed by atoms with Gasteiger partial charge in [0.15, 0.2) is 0 Å². The van der Waals surface area contributed by atoms with Crippen LogP contribution in [0.4, 0.5) is 0 Å². The summed E-state index contributed by atoms with van der Waals surface area (Å²) in [6.45, 7) is 4.17. The Morgan fingerprint density at radius 1 is 1.36 bits per heavy atom. The first-order valence-corrected chi connectivity index (χ1v) is 5.03. The zero-order chi connectivity index (χ0) is 10.7. The SMILES string of the molecule is COc1ccc(C(N)C(C)C)cc1Cl. The zero-order valence-corrected chi connectivity index (χ0v) is 9.51. The van der Waals surface area contributed by atoms with Gasteiger partial charge in [-0.1, -0.05) is 31.5 Å². The second-order valence-corrected chi connectivity index (χ2v) is 4.07. The number of ether oxygens (including phenoxy) is 1. The van der Waals surface area contributed by atoms with Crippen molar-refractivity contribution in [1.82, 2.24) is 0 Å². The number of nitrogens with two attached hydrogens (primary N) is 1. The van der Waals surface area contributed by atoms with E-state index >= 15 is 0 Å². The maximum absolute atomic E-state index is 6.00. The minimum absolute atomic E-state index is 0.0263. The predicted octanol–water partition coefficient (Wildman–Crippen LogP) is 3.00. The molecule has 0 aliphatic rings. The summed E-state index contributed by atoms with van der Waals surface area (Å²) >= 11 is 6.00. The van der Waals surface area contributed by atoms with Crippen molar-refractivity contribution in [2.24, 2.45) is 11.7 Å². The van der Waals surface area contributed by atoms with Gasteiger partial charge in [0.2, 0.25) is 0 Å².